The van der Waals surface area contributed by atoms with E-state index < -0.39 is 16.8 Å². The average molecular weight is 475 g/mol. The van der Waals surface area contributed by atoms with Gasteiger partial charge in [0.1, 0.15) is 5.75 Å². The van der Waals surface area contributed by atoms with Crippen LogP contribution in [0.3, 0.4) is 0 Å². The summed E-state index contributed by atoms with van der Waals surface area (Å²) in [5.41, 5.74) is 0.705. The maximum atomic E-state index is 12.8. The van der Waals surface area contributed by atoms with E-state index in [2.05, 4.69) is 0 Å². The van der Waals surface area contributed by atoms with E-state index in [1.165, 1.54) is 35.2 Å². The first kappa shape index (κ1) is 22.5. The molecule has 0 N–H and O–H groups in total. The van der Waals surface area contributed by atoms with Gasteiger partial charge in [0, 0.05) is 36.9 Å². The highest BCUT2D eigenvalue weighted by molar-refractivity contribution is 6.22. The summed E-state index contributed by atoms with van der Waals surface area (Å²) in [6.45, 7) is 0.0780. The number of rotatable bonds is 5. The van der Waals surface area contributed by atoms with Crippen LogP contribution in [0.1, 0.15) is 19.3 Å². The molecule has 2 heterocycles. The summed E-state index contributed by atoms with van der Waals surface area (Å²) in [4.78, 5) is 63.8. The summed E-state index contributed by atoms with van der Waals surface area (Å²) in [5, 5.41) is 10.8. The monoisotopic (exact) mass is 475 g/mol. The highest BCUT2D eigenvalue weighted by Crippen LogP contribution is 2.38. The highest BCUT2D eigenvalue weighted by Gasteiger charge is 2.48. The van der Waals surface area contributed by atoms with E-state index in [0.29, 0.717) is 24.2 Å². The molecule has 0 aromatic heterocycles. The second kappa shape index (κ2) is 8.79. The van der Waals surface area contributed by atoms with E-state index in [1.54, 1.807) is 18.2 Å². The third-order valence-corrected chi connectivity index (χ3v) is 6.63. The maximum absolute atomic E-state index is 12.8. The van der Waals surface area contributed by atoms with Crippen molar-refractivity contribution in [2.45, 2.75) is 19.3 Å². The molecule has 0 spiro atoms. The zero-order valence-electron chi connectivity index (χ0n) is 18.5. The number of benzene rings is 2. The number of allylic oxidation sites excluding steroid dienone is 2. The van der Waals surface area contributed by atoms with Gasteiger partial charge in [-0.3, -0.25) is 29.3 Å². The Morgan fingerprint density at radius 2 is 1.60 bits per heavy atom. The van der Waals surface area contributed by atoms with Crippen LogP contribution < -0.4 is 14.5 Å². The number of amides is 3. The Hall–Kier alpha value is -4.34. The van der Waals surface area contributed by atoms with E-state index in [1.807, 2.05) is 12.2 Å². The zero-order valence-corrected chi connectivity index (χ0v) is 18.5. The predicted molar refractivity (Wildman–Crippen MR) is 123 cm³/mol. The quantitative estimate of drug-likeness (QED) is 0.162. The summed E-state index contributed by atoms with van der Waals surface area (Å²) >= 11 is 0. The van der Waals surface area contributed by atoms with Gasteiger partial charge in [0.25, 0.3) is 5.69 Å². The number of nitro benzene ring substituents is 1. The van der Waals surface area contributed by atoms with Crippen molar-refractivity contribution in [3.8, 4) is 5.75 Å². The van der Waals surface area contributed by atoms with E-state index >= 15 is 0 Å². The molecule has 3 amide bonds. The Kier molecular flexibility index (Phi) is 5.64. The van der Waals surface area contributed by atoms with Crippen molar-refractivity contribution in [3.63, 3.8) is 0 Å². The van der Waals surface area contributed by atoms with Crippen molar-refractivity contribution in [1.29, 1.82) is 0 Å². The van der Waals surface area contributed by atoms with Crippen LogP contribution in [0.25, 0.3) is 0 Å². The zero-order chi connectivity index (χ0) is 24.7. The van der Waals surface area contributed by atoms with Crippen LogP contribution in [0.15, 0.2) is 60.7 Å². The number of ether oxygens (including phenoxy) is 1. The topological polar surface area (TPSA) is 127 Å². The average Bonchev–Trinajstić information content (AvgIpc) is 3.37. The molecule has 0 unspecified atom stereocenters. The van der Waals surface area contributed by atoms with Gasteiger partial charge < -0.3 is 9.64 Å². The van der Waals surface area contributed by atoms with Gasteiger partial charge in [-0.15, -0.1) is 0 Å². The molecule has 35 heavy (non-hydrogen) atoms. The molecule has 0 saturated carbocycles. The van der Waals surface area contributed by atoms with Crippen molar-refractivity contribution < 1.29 is 28.8 Å². The molecule has 3 aliphatic rings. The van der Waals surface area contributed by atoms with Crippen molar-refractivity contribution in [3.05, 3.63) is 70.8 Å². The van der Waals surface area contributed by atoms with Crippen LogP contribution in [0.2, 0.25) is 0 Å². The van der Waals surface area contributed by atoms with Gasteiger partial charge in [-0.05, 0) is 37.1 Å². The van der Waals surface area contributed by atoms with Gasteiger partial charge in [0.15, 0.2) is 0 Å². The lowest BCUT2D eigenvalue weighted by Crippen LogP contribution is -2.31. The first-order chi connectivity index (χ1) is 16.8. The fraction of sp³-hybridized carbons (Fsp3) is 0.280. The number of non-ortho nitro benzene ring substituents is 1. The van der Waals surface area contributed by atoms with Crippen LogP contribution in [-0.4, -0.2) is 35.2 Å². The lowest BCUT2D eigenvalue weighted by molar-refractivity contribution is -0.384. The van der Waals surface area contributed by atoms with Crippen LogP contribution in [0.5, 0.6) is 5.75 Å². The molecule has 1 aliphatic carbocycles. The van der Waals surface area contributed by atoms with Crippen LogP contribution in [-0.2, 0) is 19.2 Å². The molecule has 2 aromatic carbocycles. The van der Waals surface area contributed by atoms with E-state index in [0.717, 1.165) is 4.90 Å². The standard InChI is InChI=1S/C25H21N3O7/c29-22-12-15(14-26(22)16-8-10-17(11-9-16)28(33)34)25(32)35-19-5-3-4-18(13-19)27-23(30)20-6-1-2-7-21(20)24(27)31/h1-5,8-11,13,15,20-21H,6-7,12,14H2/t15-,20-,21+/m1/s1. The van der Waals surface area contributed by atoms with Crippen LogP contribution >= 0.6 is 0 Å². The Labute approximate surface area is 199 Å². The van der Waals surface area contributed by atoms with Gasteiger partial charge in [0.05, 0.1) is 28.4 Å². The third kappa shape index (κ3) is 4.07. The molecule has 178 valence electrons. The van der Waals surface area contributed by atoms with E-state index in [4.69, 9.17) is 4.74 Å². The number of esters is 1. The lowest BCUT2D eigenvalue weighted by Gasteiger charge is -2.17. The molecule has 10 nitrogen and oxygen atoms in total. The number of anilines is 2. The van der Waals surface area contributed by atoms with Crippen LogP contribution in [0.4, 0.5) is 17.1 Å². The fourth-order valence-electron chi connectivity index (χ4n) is 4.81. The Morgan fingerprint density at radius 3 is 2.23 bits per heavy atom. The van der Waals surface area contributed by atoms with Crippen molar-refractivity contribution >= 4 is 40.8 Å². The molecular formula is C25H21N3O7. The first-order valence-electron chi connectivity index (χ1n) is 11.2. The number of hydrogen-bond acceptors (Lipinski definition) is 7. The Morgan fingerprint density at radius 1 is 0.943 bits per heavy atom. The molecule has 2 aliphatic heterocycles. The number of nitrogens with zero attached hydrogens (tertiary/aromatic N) is 3. The molecule has 3 atom stereocenters. The highest BCUT2D eigenvalue weighted by atomic mass is 16.6. The number of carbonyl (C=O) groups excluding carboxylic acids is 4. The van der Waals surface area contributed by atoms with Gasteiger partial charge in [-0.25, -0.2) is 4.90 Å². The summed E-state index contributed by atoms with van der Waals surface area (Å²) in [5.74, 6) is -2.72. The van der Waals surface area contributed by atoms with Crippen molar-refractivity contribution in [2.24, 2.45) is 17.8 Å². The molecule has 0 radical (unpaired) electrons. The van der Waals surface area contributed by atoms with Gasteiger partial charge in [0.2, 0.25) is 17.7 Å². The summed E-state index contributed by atoms with van der Waals surface area (Å²) in [7, 11) is 0. The molecule has 10 heteroatoms. The van der Waals surface area contributed by atoms with Gasteiger partial charge in [-0.1, -0.05) is 18.2 Å². The van der Waals surface area contributed by atoms with E-state index in [-0.39, 0.29) is 54.0 Å². The van der Waals surface area contributed by atoms with Gasteiger partial charge in [-0.2, -0.15) is 0 Å². The van der Waals surface area contributed by atoms with Gasteiger partial charge >= 0.3 is 5.97 Å². The fourth-order valence-corrected chi connectivity index (χ4v) is 4.81. The second-order valence-corrected chi connectivity index (χ2v) is 8.77. The second-order valence-electron chi connectivity index (χ2n) is 8.77. The molecule has 5 rings (SSSR count). The third-order valence-electron chi connectivity index (χ3n) is 6.63. The Balaban J connectivity index is 1.27. The minimum atomic E-state index is -0.731. The molecular weight excluding hydrogens is 454 g/mol. The number of hydrogen-bond donors (Lipinski definition) is 0. The SMILES string of the molecule is O=C(Oc1cccc(N2C(=O)[C@H]3CC=CC[C@H]3C2=O)c1)[C@@H]1CC(=O)N(c2ccc([N+](=O)[O-])cc2)C1. The number of nitro groups is 1. The number of fused-ring (bicyclic) bond motifs is 1. The van der Waals surface area contributed by atoms with E-state index in [9.17, 15) is 29.3 Å². The normalized spacial score (nSPS) is 23.5. The smallest absolute Gasteiger partial charge is 0.316 e. The summed E-state index contributed by atoms with van der Waals surface area (Å²) in [6, 6.07) is 11.8. The molecule has 0 bridgehead atoms. The Bertz CT molecular complexity index is 1240. The minimum Gasteiger partial charge on any atom is -0.426 e. The minimum absolute atomic E-state index is 0.0605. The first-order valence-corrected chi connectivity index (χ1v) is 11.2. The molecule has 2 fully saturated rings. The van der Waals surface area contributed by atoms with Crippen molar-refractivity contribution in [2.75, 3.05) is 16.3 Å². The largest absolute Gasteiger partial charge is 0.426 e. The predicted octanol–water partition coefficient (Wildman–Crippen LogP) is 3.01. The molecule has 2 saturated heterocycles. The number of imide groups is 1. The van der Waals surface area contributed by atoms with Crippen molar-refractivity contribution in [1.82, 2.24) is 0 Å². The lowest BCUT2D eigenvalue weighted by atomic mass is 9.85. The summed E-state index contributed by atoms with van der Waals surface area (Å²) < 4.78 is 5.50. The number of carbonyl (C=O) groups is 4. The summed E-state index contributed by atoms with van der Waals surface area (Å²) in [6.07, 6.45) is 4.82. The maximum Gasteiger partial charge on any atom is 0.316 e. The molecule has 2 aromatic rings. The van der Waals surface area contributed by atoms with Crippen LogP contribution in [0, 0.1) is 27.9 Å².